The van der Waals surface area contributed by atoms with Crippen LogP contribution in [0.1, 0.15) is 19.3 Å². The van der Waals surface area contributed by atoms with Gasteiger partial charge in [0.15, 0.2) is 0 Å². The summed E-state index contributed by atoms with van der Waals surface area (Å²) in [5.74, 6) is -0.163. The van der Waals surface area contributed by atoms with Crippen LogP contribution in [0.25, 0.3) is 0 Å². The fourth-order valence-corrected chi connectivity index (χ4v) is 2.01. The van der Waals surface area contributed by atoms with Crippen molar-refractivity contribution in [3.63, 3.8) is 0 Å². The summed E-state index contributed by atoms with van der Waals surface area (Å²) in [6.07, 6.45) is 3.80. The highest BCUT2D eigenvalue weighted by molar-refractivity contribution is 14.1. The van der Waals surface area contributed by atoms with Crippen molar-refractivity contribution >= 4 is 28.3 Å². The SMILES string of the molecule is Fc1ccc(NC2CCC2)c(I)c1. The lowest BCUT2D eigenvalue weighted by molar-refractivity contribution is 0.445. The van der Waals surface area contributed by atoms with E-state index in [1.54, 1.807) is 6.07 Å². The average molecular weight is 291 g/mol. The molecular formula is C10H11FIN. The quantitative estimate of drug-likeness (QED) is 0.824. The summed E-state index contributed by atoms with van der Waals surface area (Å²) < 4.78 is 13.7. The highest BCUT2D eigenvalue weighted by Gasteiger charge is 2.17. The molecule has 70 valence electrons. The van der Waals surface area contributed by atoms with Gasteiger partial charge in [0.25, 0.3) is 0 Å². The van der Waals surface area contributed by atoms with E-state index in [0.29, 0.717) is 6.04 Å². The molecule has 2 rings (SSSR count). The first-order valence-electron chi connectivity index (χ1n) is 4.47. The summed E-state index contributed by atoms with van der Waals surface area (Å²) in [6.45, 7) is 0. The zero-order valence-corrected chi connectivity index (χ0v) is 9.34. The minimum atomic E-state index is -0.163. The molecule has 1 aromatic carbocycles. The summed E-state index contributed by atoms with van der Waals surface area (Å²) >= 11 is 2.16. The Morgan fingerprint density at radius 3 is 2.69 bits per heavy atom. The number of benzene rings is 1. The van der Waals surface area contributed by atoms with Crippen molar-refractivity contribution in [2.75, 3.05) is 5.32 Å². The normalized spacial score (nSPS) is 16.8. The average Bonchev–Trinajstić information content (AvgIpc) is 1.99. The maximum absolute atomic E-state index is 12.7. The Morgan fingerprint density at radius 2 is 2.15 bits per heavy atom. The second-order valence-corrected chi connectivity index (χ2v) is 4.56. The summed E-state index contributed by atoms with van der Waals surface area (Å²) in [5, 5.41) is 3.40. The topological polar surface area (TPSA) is 12.0 Å². The Morgan fingerprint density at radius 1 is 1.38 bits per heavy atom. The molecule has 0 atom stereocenters. The van der Waals surface area contributed by atoms with E-state index in [1.165, 1.54) is 25.3 Å². The standard InChI is InChI=1S/C10H11FIN/c11-7-4-5-10(9(12)6-7)13-8-2-1-3-8/h4-6,8,13H,1-3H2. The van der Waals surface area contributed by atoms with Gasteiger partial charge < -0.3 is 5.32 Å². The fraction of sp³-hybridized carbons (Fsp3) is 0.400. The van der Waals surface area contributed by atoms with Crippen molar-refractivity contribution in [1.82, 2.24) is 0 Å². The predicted octanol–water partition coefficient (Wildman–Crippen LogP) is 3.39. The Hall–Kier alpha value is -0.320. The van der Waals surface area contributed by atoms with Gasteiger partial charge >= 0.3 is 0 Å². The Balaban J connectivity index is 2.10. The van der Waals surface area contributed by atoms with Gasteiger partial charge in [0.05, 0.1) is 0 Å². The number of rotatable bonds is 2. The largest absolute Gasteiger partial charge is 0.381 e. The molecule has 0 amide bonds. The van der Waals surface area contributed by atoms with Gasteiger partial charge in [-0.1, -0.05) is 0 Å². The van der Waals surface area contributed by atoms with Crippen LogP contribution in [0.3, 0.4) is 0 Å². The van der Waals surface area contributed by atoms with Crippen molar-refractivity contribution in [2.45, 2.75) is 25.3 Å². The molecule has 0 aliphatic heterocycles. The van der Waals surface area contributed by atoms with Crippen LogP contribution in [0.2, 0.25) is 0 Å². The summed E-state index contributed by atoms with van der Waals surface area (Å²) in [7, 11) is 0. The minimum absolute atomic E-state index is 0.163. The van der Waals surface area contributed by atoms with E-state index in [2.05, 4.69) is 27.9 Å². The lowest BCUT2D eigenvalue weighted by Gasteiger charge is -2.27. The molecule has 1 fully saturated rings. The Bertz CT molecular complexity index is 310. The molecule has 1 nitrogen and oxygen atoms in total. The highest BCUT2D eigenvalue weighted by atomic mass is 127. The summed E-state index contributed by atoms with van der Waals surface area (Å²) in [5.41, 5.74) is 1.06. The third-order valence-electron chi connectivity index (χ3n) is 2.40. The molecule has 3 heteroatoms. The van der Waals surface area contributed by atoms with Crippen LogP contribution in [0.15, 0.2) is 18.2 Å². The minimum Gasteiger partial charge on any atom is -0.381 e. The van der Waals surface area contributed by atoms with Crippen LogP contribution in [0.4, 0.5) is 10.1 Å². The Labute approximate surface area is 90.9 Å². The van der Waals surface area contributed by atoms with Crippen LogP contribution < -0.4 is 5.32 Å². The zero-order chi connectivity index (χ0) is 9.26. The molecule has 1 aromatic rings. The van der Waals surface area contributed by atoms with Crippen LogP contribution in [-0.4, -0.2) is 6.04 Å². The first kappa shape index (κ1) is 9.24. The van der Waals surface area contributed by atoms with Gasteiger partial charge in [0, 0.05) is 15.3 Å². The summed E-state index contributed by atoms with van der Waals surface area (Å²) in [6, 6.07) is 5.49. The molecule has 0 radical (unpaired) electrons. The molecule has 0 spiro atoms. The van der Waals surface area contributed by atoms with Crippen molar-refractivity contribution in [2.24, 2.45) is 0 Å². The van der Waals surface area contributed by atoms with E-state index in [1.807, 2.05) is 6.07 Å². The number of nitrogens with one attached hydrogen (secondary N) is 1. The molecule has 0 heterocycles. The number of hydrogen-bond acceptors (Lipinski definition) is 1. The van der Waals surface area contributed by atoms with Gasteiger partial charge in [-0.15, -0.1) is 0 Å². The molecule has 1 aliphatic rings. The van der Waals surface area contributed by atoms with Gasteiger partial charge in [-0.05, 0) is 60.1 Å². The van der Waals surface area contributed by atoms with Crippen LogP contribution in [-0.2, 0) is 0 Å². The zero-order valence-electron chi connectivity index (χ0n) is 7.19. The van der Waals surface area contributed by atoms with Crippen molar-refractivity contribution < 1.29 is 4.39 Å². The molecule has 0 saturated heterocycles. The van der Waals surface area contributed by atoms with E-state index in [9.17, 15) is 4.39 Å². The van der Waals surface area contributed by atoms with Gasteiger partial charge in [0.1, 0.15) is 5.82 Å². The molecule has 1 saturated carbocycles. The van der Waals surface area contributed by atoms with Gasteiger partial charge in [-0.2, -0.15) is 0 Å². The second kappa shape index (κ2) is 3.82. The van der Waals surface area contributed by atoms with Gasteiger partial charge in [0.2, 0.25) is 0 Å². The van der Waals surface area contributed by atoms with Gasteiger partial charge in [-0.25, -0.2) is 4.39 Å². The monoisotopic (exact) mass is 291 g/mol. The molecule has 0 bridgehead atoms. The smallest absolute Gasteiger partial charge is 0.124 e. The van der Waals surface area contributed by atoms with Crippen LogP contribution in [0, 0.1) is 9.39 Å². The molecule has 1 N–H and O–H groups in total. The van der Waals surface area contributed by atoms with Crippen molar-refractivity contribution in [3.8, 4) is 0 Å². The number of anilines is 1. The lowest BCUT2D eigenvalue weighted by atomic mass is 9.93. The van der Waals surface area contributed by atoms with Gasteiger partial charge in [-0.3, -0.25) is 0 Å². The van der Waals surface area contributed by atoms with E-state index >= 15 is 0 Å². The molecule has 0 unspecified atom stereocenters. The fourth-order valence-electron chi connectivity index (χ4n) is 1.38. The second-order valence-electron chi connectivity index (χ2n) is 3.40. The third kappa shape index (κ3) is 2.13. The number of hydrogen-bond donors (Lipinski definition) is 1. The maximum atomic E-state index is 12.7. The van der Waals surface area contributed by atoms with E-state index in [-0.39, 0.29) is 5.82 Å². The van der Waals surface area contributed by atoms with E-state index < -0.39 is 0 Å². The summed E-state index contributed by atoms with van der Waals surface area (Å²) in [4.78, 5) is 0. The van der Waals surface area contributed by atoms with E-state index in [4.69, 9.17) is 0 Å². The Kier molecular flexibility index (Phi) is 2.71. The molecule has 13 heavy (non-hydrogen) atoms. The maximum Gasteiger partial charge on any atom is 0.124 e. The van der Waals surface area contributed by atoms with Crippen LogP contribution >= 0.6 is 22.6 Å². The molecule has 1 aliphatic carbocycles. The molecular weight excluding hydrogens is 280 g/mol. The first-order chi connectivity index (χ1) is 6.25. The molecule has 0 aromatic heterocycles. The predicted molar refractivity (Wildman–Crippen MR) is 60.4 cm³/mol. The third-order valence-corrected chi connectivity index (χ3v) is 3.29. The lowest BCUT2D eigenvalue weighted by Crippen LogP contribution is -2.27. The van der Waals surface area contributed by atoms with Crippen molar-refractivity contribution in [3.05, 3.63) is 27.6 Å². The highest BCUT2D eigenvalue weighted by Crippen LogP contribution is 2.26. The van der Waals surface area contributed by atoms with Crippen LogP contribution in [0.5, 0.6) is 0 Å². The van der Waals surface area contributed by atoms with Crippen molar-refractivity contribution in [1.29, 1.82) is 0 Å². The first-order valence-corrected chi connectivity index (χ1v) is 5.55. The number of halogens is 2. The van der Waals surface area contributed by atoms with E-state index in [0.717, 1.165) is 9.26 Å².